The van der Waals surface area contributed by atoms with Gasteiger partial charge < -0.3 is 9.80 Å². The number of halogens is 3. The van der Waals surface area contributed by atoms with Crippen LogP contribution < -0.4 is 10.4 Å². The zero-order chi connectivity index (χ0) is 18.7. The molecule has 0 atom stereocenters. The van der Waals surface area contributed by atoms with Crippen molar-refractivity contribution in [2.75, 3.05) is 31.1 Å². The van der Waals surface area contributed by atoms with Crippen molar-refractivity contribution in [2.45, 2.75) is 13.1 Å². The van der Waals surface area contributed by atoms with Gasteiger partial charge >= 0.3 is 6.18 Å². The van der Waals surface area contributed by atoms with Crippen molar-refractivity contribution < 1.29 is 18.4 Å². The molecular formula is C15H17F3N6OS. The molecule has 2 heterocycles. The maximum atomic E-state index is 12.6. The number of aromatic nitrogens is 2. The Morgan fingerprint density at radius 1 is 1.15 bits per heavy atom. The number of aryl methyl sites for hydroxylation is 1. The smallest absolute Gasteiger partial charge is 0.351 e. The Morgan fingerprint density at radius 3 is 2.31 bits per heavy atom. The number of hydroxylamine groups is 1. The van der Waals surface area contributed by atoms with E-state index < -0.39 is 11.7 Å². The van der Waals surface area contributed by atoms with E-state index in [2.05, 4.69) is 18.6 Å². The van der Waals surface area contributed by atoms with Crippen molar-refractivity contribution in [1.29, 1.82) is 0 Å². The number of nitrogens with one attached hydrogen (secondary N) is 1. The fourth-order valence-corrected chi connectivity index (χ4v) is 3.23. The maximum Gasteiger partial charge on any atom is 0.416 e. The molecule has 0 aliphatic carbocycles. The molecule has 0 unspecified atom stereocenters. The van der Waals surface area contributed by atoms with Crippen LogP contribution in [-0.4, -0.2) is 51.0 Å². The molecule has 1 saturated heterocycles. The van der Waals surface area contributed by atoms with Crippen LogP contribution in [0.5, 0.6) is 0 Å². The first-order valence-electron chi connectivity index (χ1n) is 7.83. The monoisotopic (exact) mass is 386 g/mol. The fourth-order valence-electron chi connectivity index (χ4n) is 2.66. The molecule has 1 aromatic heterocycles. The summed E-state index contributed by atoms with van der Waals surface area (Å²) in [5, 5.41) is 9.38. The average Bonchev–Trinajstić information content (AvgIpc) is 3.05. The number of guanidine groups is 1. The van der Waals surface area contributed by atoms with Crippen molar-refractivity contribution in [2.24, 2.45) is 4.99 Å². The first kappa shape index (κ1) is 18.4. The molecule has 26 heavy (non-hydrogen) atoms. The van der Waals surface area contributed by atoms with Gasteiger partial charge in [-0.3, -0.25) is 5.21 Å². The van der Waals surface area contributed by atoms with Gasteiger partial charge in [-0.1, -0.05) is 0 Å². The van der Waals surface area contributed by atoms with Crippen LogP contribution in [0.3, 0.4) is 0 Å². The van der Waals surface area contributed by atoms with Gasteiger partial charge in [0.1, 0.15) is 0 Å². The van der Waals surface area contributed by atoms with E-state index >= 15 is 0 Å². The van der Waals surface area contributed by atoms with E-state index in [9.17, 15) is 18.4 Å². The molecule has 2 N–H and O–H groups in total. The van der Waals surface area contributed by atoms with Gasteiger partial charge in [-0.05, 0) is 31.2 Å². The van der Waals surface area contributed by atoms with Gasteiger partial charge in [-0.25, -0.2) is 10.5 Å². The summed E-state index contributed by atoms with van der Waals surface area (Å²) in [6.07, 6.45) is -4.39. The molecule has 0 radical (unpaired) electrons. The number of nitrogens with zero attached hydrogens (tertiary/aromatic N) is 5. The summed E-state index contributed by atoms with van der Waals surface area (Å²) in [5.74, 6) is 1.05. The highest BCUT2D eigenvalue weighted by Crippen LogP contribution is 2.30. The summed E-state index contributed by atoms with van der Waals surface area (Å²) in [7, 11) is 0. The van der Waals surface area contributed by atoms with Gasteiger partial charge in [0.25, 0.3) is 0 Å². The van der Waals surface area contributed by atoms with Crippen LogP contribution in [0.4, 0.5) is 24.7 Å². The van der Waals surface area contributed by atoms with Crippen molar-refractivity contribution in [1.82, 2.24) is 19.1 Å². The fraction of sp³-hybridized carbons (Fsp3) is 0.400. The second-order valence-electron chi connectivity index (χ2n) is 5.74. The Labute approximate surface area is 152 Å². The van der Waals surface area contributed by atoms with Crippen LogP contribution in [-0.2, 0) is 6.18 Å². The first-order valence-corrected chi connectivity index (χ1v) is 8.56. The lowest BCUT2D eigenvalue weighted by atomic mass is 10.2. The molecule has 1 aliphatic rings. The van der Waals surface area contributed by atoms with Crippen molar-refractivity contribution >= 4 is 29.2 Å². The third kappa shape index (κ3) is 4.05. The Kier molecular flexibility index (Phi) is 5.28. The van der Waals surface area contributed by atoms with Crippen LogP contribution in [0.1, 0.15) is 11.3 Å². The topological polar surface area (TPSA) is 76.9 Å². The summed E-state index contributed by atoms with van der Waals surface area (Å²) in [6.45, 7) is 4.38. The van der Waals surface area contributed by atoms with Crippen molar-refractivity contribution in [3.05, 3.63) is 35.5 Å². The van der Waals surface area contributed by atoms with Gasteiger partial charge in [-0.15, -0.1) is 0 Å². The molecule has 0 saturated carbocycles. The average molecular weight is 386 g/mol. The highest BCUT2D eigenvalue weighted by molar-refractivity contribution is 6.99. The van der Waals surface area contributed by atoms with Gasteiger partial charge in [0.05, 0.1) is 28.7 Å². The number of hydrogen-bond acceptors (Lipinski definition) is 6. The number of hydrogen-bond donors (Lipinski definition) is 2. The Hall–Kier alpha value is -2.40. The standard InChI is InChI=1S/C15H17F3N6OS/c1-10-13(22-26-21-10)23-6-8-24(9-7-23)14(20-25)19-12-4-2-11(3-5-12)15(16,17)18/h2-5,25H,6-9H2,1H3,(H,19,20). The molecule has 3 rings (SSSR count). The molecule has 0 amide bonds. The van der Waals surface area contributed by atoms with Crippen LogP contribution in [0, 0.1) is 6.92 Å². The van der Waals surface area contributed by atoms with Gasteiger partial charge in [0.2, 0.25) is 5.96 Å². The minimum atomic E-state index is -4.39. The van der Waals surface area contributed by atoms with E-state index in [1.165, 1.54) is 12.1 Å². The predicted octanol–water partition coefficient (Wildman–Crippen LogP) is 2.65. The second kappa shape index (κ2) is 7.46. The zero-order valence-corrected chi connectivity index (χ0v) is 14.7. The Morgan fingerprint density at radius 2 is 1.81 bits per heavy atom. The largest absolute Gasteiger partial charge is 0.416 e. The predicted molar refractivity (Wildman–Crippen MR) is 91.9 cm³/mol. The van der Waals surface area contributed by atoms with E-state index in [-0.39, 0.29) is 5.96 Å². The molecule has 0 bridgehead atoms. The molecule has 1 aliphatic heterocycles. The van der Waals surface area contributed by atoms with E-state index in [0.717, 1.165) is 35.4 Å². The van der Waals surface area contributed by atoms with Crippen molar-refractivity contribution in [3.8, 4) is 0 Å². The second-order valence-corrected chi connectivity index (χ2v) is 6.27. The minimum absolute atomic E-state index is 0.192. The number of alkyl halides is 3. The highest BCUT2D eigenvalue weighted by Gasteiger charge is 2.30. The number of benzene rings is 1. The van der Waals surface area contributed by atoms with E-state index in [4.69, 9.17) is 0 Å². The SMILES string of the molecule is Cc1nsnc1N1CCN(C(=Nc2ccc(C(F)(F)F)cc2)NO)CC1. The highest BCUT2D eigenvalue weighted by atomic mass is 32.1. The van der Waals surface area contributed by atoms with Crippen LogP contribution in [0.15, 0.2) is 29.3 Å². The van der Waals surface area contributed by atoms with E-state index in [0.29, 0.717) is 31.9 Å². The molecule has 1 fully saturated rings. The van der Waals surface area contributed by atoms with Gasteiger partial charge in [0.15, 0.2) is 5.82 Å². The van der Waals surface area contributed by atoms with Crippen LogP contribution in [0.2, 0.25) is 0 Å². The summed E-state index contributed by atoms with van der Waals surface area (Å²) < 4.78 is 46.3. The number of rotatable bonds is 2. The lowest BCUT2D eigenvalue weighted by molar-refractivity contribution is -0.137. The molecule has 0 spiro atoms. The number of anilines is 1. The molecule has 7 nitrogen and oxygen atoms in total. The summed E-state index contributed by atoms with van der Waals surface area (Å²) in [6, 6.07) is 4.45. The molecule has 1 aromatic carbocycles. The quantitative estimate of drug-likeness (QED) is 0.470. The van der Waals surface area contributed by atoms with Crippen LogP contribution >= 0.6 is 11.7 Å². The molecular weight excluding hydrogens is 369 g/mol. The Bertz CT molecular complexity index is 768. The van der Waals surface area contributed by atoms with Gasteiger partial charge in [-0.2, -0.15) is 21.9 Å². The zero-order valence-electron chi connectivity index (χ0n) is 13.9. The van der Waals surface area contributed by atoms with Crippen molar-refractivity contribution in [3.63, 3.8) is 0 Å². The lowest BCUT2D eigenvalue weighted by Crippen LogP contribution is -2.52. The molecule has 11 heteroatoms. The maximum absolute atomic E-state index is 12.6. The van der Waals surface area contributed by atoms with E-state index in [1.807, 2.05) is 17.3 Å². The minimum Gasteiger partial charge on any atom is -0.351 e. The molecule has 140 valence electrons. The summed E-state index contributed by atoms with van der Waals surface area (Å²) in [5.41, 5.74) is 2.49. The van der Waals surface area contributed by atoms with Gasteiger partial charge in [0, 0.05) is 26.2 Å². The van der Waals surface area contributed by atoms with Crippen LogP contribution in [0.25, 0.3) is 0 Å². The molecule has 2 aromatic rings. The third-order valence-corrected chi connectivity index (χ3v) is 4.65. The number of piperazine rings is 1. The Balaban J connectivity index is 1.68. The lowest BCUT2D eigenvalue weighted by Gasteiger charge is -2.36. The van der Waals surface area contributed by atoms with E-state index in [1.54, 1.807) is 0 Å². The summed E-state index contributed by atoms with van der Waals surface area (Å²) in [4.78, 5) is 8.12. The first-order chi connectivity index (χ1) is 12.4. The third-order valence-electron chi connectivity index (χ3n) is 4.04. The number of aliphatic imine (C=N–C) groups is 1. The summed E-state index contributed by atoms with van der Waals surface area (Å²) >= 11 is 1.16. The normalized spacial score (nSPS) is 16.1.